The van der Waals surface area contributed by atoms with E-state index in [9.17, 15) is 13.2 Å². The maximum absolute atomic E-state index is 12.8. The van der Waals surface area contributed by atoms with Gasteiger partial charge in [-0.1, -0.05) is 30.4 Å². The molecule has 0 aliphatic heterocycles. The Morgan fingerprint density at radius 3 is 2.45 bits per heavy atom. The molecule has 9 nitrogen and oxygen atoms in total. The molecule has 0 aromatic heterocycles. The second kappa shape index (κ2) is 13.3. The van der Waals surface area contributed by atoms with Gasteiger partial charge >= 0.3 is 10.1 Å². The minimum absolute atomic E-state index is 0.0339. The highest BCUT2D eigenvalue weighted by Crippen LogP contribution is 2.36. The highest BCUT2D eigenvalue weighted by atomic mass is 127. The molecule has 0 fully saturated rings. The van der Waals surface area contributed by atoms with Gasteiger partial charge in [0.05, 0.1) is 23.5 Å². The second-order valence-corrected chi connectivity index (χ2v) is 10.5. The third-order valence-electron chi connectivity index (χ3n) is 5.00. The van der Waals surface area contributed by atoms with Crippen LogP contribution in [0.4, 0.5) is 0 Å². The molecule has 0 radical (unpaired) electrons. The van der Waals surface area contributed by atoms with Crippen molar-refractivity contribution in [3.63, 3.8) is 0 Å². The average Bonchev–Trinajstić information content (AvgIpc) is 2.89. The van der Waals surface area contributed by atoms with Crippen molar-refractivity contribution in [1.29, 1.82) is 0 Å². The highest BCUT2D eigenvalue weighted by Gasteiger charge is 2.22. The lowest BCUT2D eigenvalue weighted by Crippen LogP contribution is -2.17. The van der Waals surface area contributed by atoms with Gasteiger partial charge < -0.3 is 18.4 Å². The minimum atomic E-state index is -4.08. The van der Waals surface area contributed by atoms with E-state index in [0.717, 1.165) is 5.56 Å². The first-order chi connectivity index (χ1) is 18.2. The van der Waals surface area contributed by atoms with Crippen LogP contribution in [-0.2, 0) is 10.1 Å². The van der Waals surface area contributed by atoms with E-state index in [-0.39, 0.29) is 23.0 Å². The van der Waals surface area contributed by atoms with E-state index in [2.05, 4.69) is 17.1 Å². The van der Waals surface area contributed by atoms with Crippen molar-refractivity contribution < 1.29 is 31.6 Å². The predicted molar refractivity (Wildman–Crippen MR) is 153 cm³/mol. The third-order valence-corrected chi connectivity index (χ3v) is 7.03. The van der Waals surface area contributed by atoms with Crippen LogP contribution in [0.25, 0.3) is 0 Å². The molecular formula is C27H27IN2O7S. The zero-order valence-electron chi connectivity index (χ0n) is 21.1. The topological polar surface area (TPSA) is 113 Å². The lowest BCUT2D eigenvalue weighted by atomic mass is 10.2. The SMILES string of the molecule is C=CCOc1ccc(C(=O)N/N=C/c2cc(I)c(OS(=O)(=O)c3ccc(C)cc3)c(OCC)c2)cc1OC. The summed E-state index contributed by atoms with van der Waals surface area (Å²) in [6, 6.07) is 14.4. The molecule has 3 aromatic carbocycles. The molecule has 0 aliphatic rings. The predicted octanol–water partition coefficient (Wildman–Crippen LogP) is 5.10. The number of aryl methyl sites for hydroxylation is 1. The van der Waals surface area contributed by atoms with Gasteiger partial charge in [-0.15, -0.1) is 0 Å². The molecule has 0 unspecified atom stereocenters. The van der Waals surface area contributed by atoms with Crippen LogP contribution in [0.1, 0.15) is 28.4 Å². The van der Waals surface area contributed by atoms with Crippen LogP contribution in [0.3, 0.4) is 0 Å². The highest BCUT2D eigenvalue weighted by molar-refractivity contribution is 14.1. The molecule has 11 heteroatoms. The van der Waals surface area contributed by atoms with E-state index in [1.165, 1.54) is 25.5 Å². The number of benzene rings is 3. The first-order valence-electron chi connectivity index (χ1n) is 11.4. The molecule has 38 heavy (non-hydrogen) atoms. The molecule has 0 atom stereocenters. The lowest BCUT2D eigenvalue weighted by Gasteiger charge is -2.14. The fourth-order valence-electron chi connectivity index (χ4n) is 3.18. The van der Waals surface area contributed by atoms with Crippen LogP contribution < -0.4 is 23.8 Å². The minimum Gasteiger partial charge on any atom is -0.493 e. The summed E-state index contributed by atoms with van der Waals surface area (Å²) in [5, 5.41) is 4.02. The molecule has 0 saturated heterocycles. The van der Waals surface area contributed by atoms with Crippen LogP contribution in [0.2, 0.25) is 0 Å². The van der Waals surface area contributed by atoms with Crippen LogP contribution in [-0.4, -0.2) is 40.9 Å². The standard InChI is InChI=1S/C27H27IN2O7S/c1-5-13-36-23-12-9-20(16-24(23)34-4)27(31)30-29-17-19-14-22(28)26(25(15-19)35-6-2)37-38(32,33)21-10-7-18(3)8-11-21/h5,7-12,14-17H,1,6,13H2,2-4H3,(H,30,31)/b29-17+. The van der Waals surface area contributed by atoms with Crippen LogP contribution in [0, 0.1) is 10.5 Å². The summed E-state index contributed by atoms with van der Waals surface area (Å²) in [6.45, 7) is 7.82. The zero-order chi connectivity index (χ0) is 27.7. The van der Waals surface area contributed by atoms with E-state index in [4.69, 9.17) is 18.4 Å². The quantitative estimate of drug-likeness (QED) is 0.0955. The van der Waals surface area contributed by atoms with Gasteiger partial charge in [0, 0.05) is 5.56 Å². The van der Waals surface area contributed by atoms with Gasteiger partial charge in [0.15, 0.2) is 23.0 Å². The number of amides is 1. The zero-order valence-corrected chi connectivity index (χ0v) is 24.0. The fourth-order valence-corrected chi connectivity index (χ4v) is 5.02. The molecule has 1 N–H and O–H groups in total. The monoisotopic (exact) mass is 650 g/mol. The molecule has 1 amide bonds. The molecule has 3 rings (SSSR count). The maximum atomic E-state index is 12.8. The summed E-state index contributed by atoms with van der Waals surface area (Å²) in [4.78, 5) is 12.6. The maximum Gasteiger partial charge on any atom is 0.339 e. The second-order valence-electron chi connectivity index (χ2n) is 7.78. The number of nitrogens with zero attached hydrogens (tertiary/aromatic N) is 1. The van der Waals surface area contributed by atoms with Crippen molar-refractivity contribution in [2.45, 2.75) is 18.7 Å². The van der Waals surface area contributed by atoms with Crippen LogP contribution in [0.15, 0.2) is 77.2 Å². The molecule has 200 valence electrons. The number of carbonyl (C=O) groups is 1. The van der Waals surface area contributed by atoms with Gasteiger partial charge in [0.25, 0.3) is 5.91 Å². The molecule has 0 spiro atoms. The van der Waals surface area contributed by atoms with Gasteiger partial charge in [-0.25, -0.2) is 5.43 Å². The number of rotatable bonds is 12. The first kappa shape index (κ1) is 29.0. The summed E-state index contributed by atoms with van der Waals surface area (Å²) in [5.74, 6) is 0.717. The van der Waals surface area contributed by atoms with E-state index in [0.29, 0.717) is 32.8 Å². The Morgan fingerprint density at radius 2 is 1.79 bits per heavy atom. The van der Waals surface area contributed by atoms with Gasteiger partial charge in [-0.3, -0.25) is 4.79 Å². The fraction of sp³-hybridized carbons (Fsp3) is 0.185. The van der Waals surface area contributed by atoms with Gasteiger partial charge in [-0.2, -0.15) is 13.5 Å². The number of hydrogen-bond acceptors (Lipinski definition) is 8. The van der Waals surface area contributed by atoms with Crippen molar-refractivity contribution >= 4 is 44.8 Å². The number of ether oxygens (including phenoxy) is 3. The van der Waals surface area contributed by atoms with E-state index in [1.807, 2.05) is 29.5 Å². The number of carbonyl (C=O) groups excluding carboxylic acids is 1. The van der Waals surface area contributed by atoms with Crippen molar-refractivity contribution in [1.82, 2.24) is 5.43 Å². The Kier molecular flexibility index (Phi) is 10.1. The van der Waals surface area contributed by atoms with Gasteiger partial charge in [0.1, 0.15) is 11.5 Å². The summed E-state index contributed by atoms with van der Waals surface area (Å²) < 4.78 is 48.0. The third kappa shape index (κ3) is 7.48. The van der Waals surface area contributed by atoms with E-state index in [1.54, 1.807) is 55.5 Å². The average molecular weight is 650 g/mol. The Morgan fingerprint density at radius 1 is 1.05 bits per heavy atom. The number of hydrogen-bond donors (Lipinski definition) is 1. The Balaban J connectivity index is 1.78. The molecule has 0 saturated carbocycles. The number of halogens is 1. The van der Waals surface area contributed by atoms with Gasteiger partial charge in [0.2, 0.25) is 0 Å². The van der Waals surface area contributed by atoms with E-state index < -0.39 is 16.0 Å². The molecule has 0 heterocycles. The van der Waals surface area contributed by atoms with Crippen molar-refractivity contribution in [2.75, 3.05) is 20.3 Å². The normalized spacial score (nSPS) is 11.2. The first-order valence-corrected chi connectivity index (χ1v) is 13.9. The molecule has 0 bridgehead atoms. The summed E-state index contributed by atoms with van der Waals surface area (Å²) in [5.41, 5.74) is 4.27. The van der Waals surface area contributed by atoms with Crippen LogP contribution >= 0.6 is 22.6 Å². The summed E-state index contributed by atoms with van der Waals surface area (Å²) in [7, 11) is -2.60. The Hall–Kier alpha value is -3.58. The number of hydrazone groups is 1. The van der Waals surface area contributed by atoms with Gasteiger partial charge in [-0.05, 0) is 84.5 Å². The summed E-state index contributed by atoms with van der Waals surface area (Å²) in [6.07, 6.45) is 3.02. The lowest BCUT2D eigenvalue weighted by molar-refractivity contribution is 0.0954. The molecule has 3 aromatic rings. The number of nitrogens with one attached hydrogen (secondary N) is 1. The van der Waals surface area contributed by atoms with E-state index >= 15 is 0 Å². The Bertz CT molecular complexity index is 1440. The Labute approximate surface area is 235 Å². The van der Waals surface area contributed by atoms with Crippen molar-refractivity contribution in [2.24, 2.45) is 5.10 Å². The summed E-state index contributed by atoms with van der Waals surface area (Å²) >= 11 is 1.96. The van der Waals surface area contributed by atoms with Crippen molar-refractivity contribution in [3.05, 3.63) is 87.5 Å². The number of methoxy groups -OCH3 is 1. The van der Waals surface area contributed by atoms with Crippen molar-refractivity contribution in [3.8, 4) is 23.0 Å². The molecular weight excluding hydrogens is 623 g/mol. The smallest absolute Gasteiger partial charge is 0.339 e. The van der Waals surface area contributed by atoms with Crippen LogP contribution in [0.5, 0.6) is 23.0 Å². The largest absolute Gasteiger partial charge is 0.493 e. The molecule has 0 aliphatic carbocycles.